The van der Waals surface area contributed by atoms with Gasteiger partial charge in [0, 0.05) is 44.2 Å². The molecule has 0 saturated carbocycles. The van der Waals surface area contributed by atoms with Gasteiger partial charge in [0.15, 0.2) is 6.29 Å². The lowest BCUT2D eigenvalue weighted by Gasteiger charge is -2.43. The minimum absolute atomic E-state index is 0.0165. The zero-order valence-corrected chi connectivity index (χ0v) is 23.0. The molecule has 5 rings (SSSR count). The van der Waals surface area contributed by atoms with E-state index in [4.69, 9.17) is 14.2 Å². The third kappa shape index (κ3) is 7.47. The number of morpholine rings is 1. The predicted molar refractivity (Wildman–Crippen MR) is 152 cm³/mol. The summed E-state index contributed by atoms with van der Waals surface area (Å²) in [5.74, 6) is 0.136. The van der Waals surface area contributed by atoms with E-state index in [-0.39, 0.29) is 30.8 Å². The molecule has 212 valence electrons. The molecule has 2 amide bonds. The molecule has 2 saturated heterocycles. The summed E-state index contributed by atoms with van der Waals surface area (Å²) in [6.07, 6.45) is -0.679. The summed E-state index contributed by atoms with van der Waals surface area (Å²) in [5, 5.41) is 15.3. The molecular formula is C32H39N3O5. The second-order valence-corrected chi connectivity index (χ2v) is 10.5. The minimum atomic E-state index is -0.513. The number of aliphatic hydroxyl groups is 1. The van der Waals surface area contributed by atoms with Crippen LogP contribution in [0.2, 0.25) is 0 Å². The van der Waals surface area contributed by atoms with E-state index in [9.17, 15) is 9.90 Å². The lowest BCUT2D eigenvalue weighted by Crippen LogP contribution is -2.47. The third-order valence-electron chi connectivity index (χ3n) is 7.67. The quantitative estimate of drug-likeness (QED) is 0.371. The van der Waals surface area contributed by atoms with E-state index in [1.807, 2.05) is 78.9 Å². The summed E-state index contributed by atoms with van der Waals surface area (Å²) >= 11 is 0. The summed E-state index contributed by atoms with van der Waals surface area (Å²) in [6, 6.07) is 25.6. The van der Waals surface area contributed by atoms with Crippen molar-refractivity contribution in [1.82, 2.24) is 15.5 Å². The number of urea groups is 1. The second kappa shape index (κ2) is 13.9. The Kier molecular flexibility index (Phi) is 9.81. The van der Waals surface area contributed by atoms with Gasteiger partial charge in [-0.05, 0) is 22.3 Å². The zero-order valence-electron chi connectivity index (χ0n) is 23.0. The maximum atomic E-state index is 12.3. The Balaban J connectivity index is 1.23. The number of hydrogen-bond donors (Lipinski definition) is 3. The molecule has 0 unspecified atom stereocenters. The number of carbonyl (C=O) groups is 1. The van der Waals surface area contributed by atoms with E-state index in [2.05, 4.69) is 22.5 Å². The van der Waals surface area contributed by atoms with E-state index in [0.29, 0.717) is 13.1 Å². The van der Waals surface area contributed by atoms with E-state index in [1.165, 1.54) is 0 Å². The standard InChI is InChI=1S/C32H39N3O5/c1-23-29(21-35-15-17-38-18-16-35)39-31(40-30(23)27-11-9-26(22-36)10-12-27)28-13-7-25(8-14-28)20-34-32(37)33-19-24-5-3-2-4-6-24/h2-14,23,29-31,36H,15-22H2,1H3,(H2,33,34,37)/t23-,29+,30+,31+/m1/s1. The lowest BCUT2D eigenvalue weighted by molar-refractivity contribution is -0.277. The first kappa shape index (κ1) is 28.3. The minimum Gasteiger partial charge on any atom is -0.392 e. The average molecular weight is 546 g/mol. The van der Waals surface area contributed by atoms with Crippen molar-refractivity contribution in [3.05, 3.63) is 107 Å². The van der Waals surface area contributed by atoms with Crippen molar-refractivity contribution in [2.75, 3.05) is 32.8 Å². The predicted octanol–water partition coefficient (Wildman–Crippen LogP) is 4.30. The molecule has 0 aliphatic carbocycles. The number of aliphatic hydroxyl groups excluding tert-OH is 1. The van der Waals surface area contributed by atoms with Crippen molar-refractivity contribution in [2.45, 2.75) is 45.1 Å². The molecule has 0 radical (unpaired) electrons. The van der Waals surface area contributed by atoms with E-state index in [1.54, 1.807) is 0 Å². The summed E-state index contributed by atoms with van der Waals surface area (Å²) in [4.78, 5) is 14.7. The van der Waals surface area contributed by atoms with Crippen LogP contribution in [0.1, 0.15) is 47.1 Å². The maximum Gasteiger partial charge on any atom is 0.315 e. The van der Waals surface area contributed by atoms with E-state index < -0.39 is 6.29 Å². The van der Waals surface area contributed by atoms with Crippen molar-refractivity contribution < 1.29 is 24.1 Å². The van der Waals surface area contributed by atoms with Crippen LogP contribution in [0.25, 0.3) is 0 Å². The normalized spacial score (nSPS) is 23.4. The van der Waals surface area contributed by atoms with Crippen LogP contribution in [-0.4, -0.2) is 55.0 Å². The average Bonchev–Trinajstić information content (AvgIpc) is 3.01. The molecule has 0 aromatic heterocycles. The van der Waals surface area contributed by atoms with Gasteiger partial charge < -0.3 is 30.0 Å². The van der Waals surface area contributed by atoms with E-state index >= 15 is 0 Å². The molecule has 2 aliphatic heterocycles. The molecule has 0 spiro atoms. The van der Waals surface area contributed by atoms with Crippen LogP contribution in [0.3, 0.4) is 0 Å². The molecule has 40 heavy (non-hydrogen) atoms. The largest absolute Gasteiger partial charge is 0.392 e. The van der Waals surface area contributed by atoms with Crippen LogP contribution >= 0.6 is 0 Å². The van der Waals surface area contributed by atoms with Gasteiger partial charge in [-0.1, -0.05) is 85.8 Å². The number of ether oxygens (including phenoxy) is 3. The van der Waals surface area contributed by atoms with Gasteiger partial charge in [0.2, 0.25) is 0 Å². The fourth-order valence-corrected chi connectivity index (χ4v) is 5.18. The van der Waals surface area contributed by atoms with Crippen LogP contribution < -0.4 is 10.6 Å². The molecule has 0 bridgehead atoms. The van der Waals surface area contributed by atoms with Crippen molar-refractivity contribution in [3.8, 4) is 0 Å². The topological polar surface area (TPSA) is 92.3 Å². The number of amides is 2. The molecule has 2 fully saturated rings. The Morgan fingerprint density at radius 1 is 0.825 bits per heavy atom. The Bertz CT molecular complexity index is 1200. The molecule has 3 N–H and O–H groups in total. The molecule has 3 aromatic carbocycles. The van der Waals surface area contributed by atoms with Crippen LogP contribution in [0.4, 0.5) is 4.79 Å². The highest BCUT2D eigenvalue weighted by atomic mass is 16.7. The second-order valence-electron chi connectivity index (χ2n) is 10.5. The van der Waals surface area contributed by atoms with Gasteiger partial charge >= 0.3 is 6.03 Å². The first-order valence-corrected chi connectivity index (χ1v) is 14.0. The van der Waals surface area contributed by atoms with Gasteiger partial charge in [-0.2, -0.15) is 0 Å². The van der Waals surface area contributed by atoms with Gasteiger partial charge in [-0.25, -0.2) is 4.79 Å². The van der Waals surface area contributed by atoms with E-state index in [0.717, 1.165) is 60.7 Å². The first-order chi connectivity index (χ1) is 19.6. The van der Waals surface area contributed by atoms with Crippen molar-refractivity contribution in [1.29, 1.82) is 0 Å². The molecule has 8 heteroatoms. The van der Waals surface area contributed by atoms with Crippen molar-refractivity contribution >= 4 is 6.03 Å². The Labute approximate surface area is 236 Å². The molecular weight excluding hydrogens is 506 g/mol. The van der Waals surface area contributed by atoms with Crippen LogP contribution in [0.5, 0.6) is 0 Å². The Morgan fingerprint density at radius 2 is 1.43 bits per heavy atom. The smallest absolute Gasteiger partial charge is 0.315 e. The number of rotatable bonds is 9. The number of carbonyl (C=O) groups excluding carboxylic acids is 1. The highest BCUT2D eigenvalue weighted by Gasteiger charge is 2.39. The zero-order chi connectivity index (χ0) is 27.7. The summed E-state index contributed by atoms with van der Waals surface area (Å²) in [6.45, 7) is 7.20. The number of benzene rings is 3. The van der Waals surface area contributed by atoms with Crippen LogP contribution in [0.15, 0.2) is 78.9 Å². The lowest BCUT2D eigenvalue weighted by atomic mass is 9.90. The summed E-state index contributed by atoms with van der Waals surface area (Å²) < 4.78 is 18.7. The van der Waals surface area contributed by atoms with Crippen LogP contribution in [-0.2, 0) is 33.9 Å². The molecule has 2 heterocycles. The maximum absolute atomic E-state index is 12.3. The van der Waals surface area contributed by atoms with Crippen molar-refractivity contribution in [3.63, 3.8) is 0 Å². The van der Waals surface area contributed by atoms with Gasteiger partial charge in [0.05, 0.1) is 32.0 Å². The SMILES string of the molecule is C[C@@H]1[C@H](CN2CCOCC2)O[C@H](c2ccc(CNC(=O)NCc3ccccc3)cc2)O[C@@H]1c1ccc(CO)cc1. The van der Waals surface area contributed by atoms with Gasteiger partial charge in [-0.3, -0.25) is 4.90 Å². The third-order valence-corrected chi connectivity index (χ3v) is 7.67. The van der Waals surface area contributed by atoms with Gasteiger partial charge in [0.25, 0.3) is 0 Å². The number of nitrogens with zero attached hydrogens (tertiary/aromatic N) is 1. The van der Waals surface area contributed by atoms with Gasteiger partial charge in [-0.15, -0.1) is 0 Å². The van der Waals surface area contributed by atoms with Gasteiger partial charge in [0.1, 0.15) is 0 Å². The first-order valence-electron chi connectivity index (χ1n) is 14.0. The monoisotopic (exact) mass is 545 g/mol. The van der Waals surface area contributed by atoms with Crippen molar-refractivity contribution in [2.24, 2.45) is 5.92 Å². The summed E-state index contributed by atoms with van der Waals surface area (Å²) in [5.41, 5.74) is 4.94. The molecule has 8 nitrogen and oxygen atoms in total. The Hall–Kier alpha value is -3.27. The highest BCUT2D eigenvalue weighted by Crippen LogP contribution is 2.41. The fraction of sp³-hybridized carbons (Fsp3) is 0.406. The van der Waals surface area contributed by atoms with Crippen LogP contribution in [0, 0.1) is 5.92 Å². The molecule has 4 atom stereocenters. The summed E-state index contributed by atoms with van der Waals surface area (Å²) in [7, 11) is 0. The number of hydrogen-bond acceptors (Lipinski definition) is 6. The molecule has 2 aliphatic rings. The number of nitrogens with one attached hydrogen (secondary N) is 2. The fourth-order valence-electron chi connectivity index (χ4n) is 5.18. The highest BCUT2D eigenvalue weighted by molar-refractivity contribution is 5.73. The Morgan fingerprint density at radius 3 is 2.08 bits per heavy atom. The molecule has 3 aromatic rings.